The molecule has 0 aliphatic carbocycles. The summed E-state index contributed by atoms with van der Waals surface area (Å²) in [6.45, 7) is 3.61. The molecule has 0 saturated carbocycles. The highest BCUT2D eigenvalue weighted by molar-refractivity contribution is 7.92. The van der Waals surface area contributed by atoms with Gasteiger partial charge in [-0.3, -0.25) is 4.31 Å². The highest BCUT2D eigenvalue weighted by Crippen LogP contribution is 2.24. The summed E-state index contributed by atoms with van der Waals surface area (Å²) in [5.41, 5.74) is 6.49. The van der Waals surface area contributed by atoms with Crippen molar-refractivity contribution in [1.82, 2.24) is 0 Å². The number of hydrogen-bond donors (Lipinski definition) is 1. The maximum atomic E-state index is 11.6. The van der Waals surface area contributed by atoms with Gasteiger partial charge in [-0.05, 0) is 18.2 Å². The number of nitriles is 1. The number of nitrogens with two attached hydrogens (primary N) is 1. The van der Waals surface area contributed by atoms with Crippen LogP contribution in [-0.4, -0.2) is 21.2 Å². The van der Waals surface area contributed by atoms with E-state index in [9.17, 15) is 8.42 Å². The van der Waals surface area contributed by atoms with Crippen molar-refractivity contribution in [2.75, 3.05) is 22.8 Å². The molecule has 0 heterocycles. The molecule has 0 saturated heterocycles. The molecule has 0 bridgehead atoms. The fourth-order valence-electron chi connectivity index (χ4n) is 1.39. The molecule has 90 valence electrons. The van der Waals surface area contributed by atoms with Crippen LogP contribution in [0.1, 0.15) is 5.56 Å². The van der Waals surface area contributed by atoms with Gasteiger partial charge in [0, 0.05) is 5.69 Å². The lowest BCUT2D eigenvalue weighted by Crippen LogP contribution is -2.30. The van der Waals surface area contributed by atoms with E-state index in [1.165, 1.54) is 18.2 Å². The van der Waals surface area contributed by atoms with Crippen molar-refractivity contribution in [3.05, 3.63) is 36.4 Å². The summed E-state index contributed by atoms with van der Waals surface area (Å²) in [6.07, 6.45) is 2.53. The van der Waals surface area contributed by atoms with E-state index in [0.29, 0.717) is 11.4 Å². The third kappa shape index (κ3) is 2.98. The average Bonchev–Trinajstić information content (AvgIpc) is 2.25. The standard InChI is InChI=1S/C11H13N3O2S/c1-3-6-14(17(2,15)16)11-5-4-10(13)7-9(11)8-12/h3-5,7H,1,6,13H2,2H3. The number of anilines is 2. The first-order valence-electron chi connectivity index (χ1n) is 4.78. The zero-order valence-electron chi connectivity index (χ0n) is 9.42. The first-order chi connectivity index (χ1) is 7.90. The number of hydrogen-bond acceptors (Lipinski definition) is 4. The number of sulfonamides is 1. The van der Waals surface area contributed by atoms with E-state index in [1.54, 1.807) is 6.07 Å². The molecule has 0 atom stereocenters. The molecule has 1 aromatic rings. The van der Waals surface area contributed by atoms with Crippen molar-refractivity contribution < 1.29 is 8.42 Å². The van der Waals surface area contributed by atoms with Crippen LogP contribution in [0.2, 0.25) is 0 Å². The van der Waals surface area contributed by atoms with Crippen molar-refractivity contribution in [2.45, 2.75) is 0 Å². The molecule has 0 radical (unpaired) electrons. The summed E-state index contributed by atoms with van der Waals surface area (Å²) in [7, 11) is -3.46. The molecule has 17 heavy (non-hydrogen) atoms. The smallest absolute Gasteiger partial charge is 0.232 e. The molecular weight excluding hydrogens is 238 g/mol. The molecule has 5 nitrogen and oxygen atoms in total. The van der Waals surface area contributed by atoms with E-state index in [2.05, 4.69) is 6.58 Å². The lowest BCUT2D eigenvalue weighted by atomic mass is 10.1. The monoisotopic (exact) mass is 251 g/mol. The molecule has 0 amide bonds. The van der Waals surface area contributed by atoms with Crippen molar-refractivity contribution in [2.24, 2.45) is 0 Å². The summed E-state index contributed by atoms with van der Waals surface area (Å²) in [6, 6.07) is 6.43. The predicted octanol–water partition coefficient (Wildman–Crippen LogP) is 1.09. The highest BCUT2D eigenvalue weighted by Gasteiger charge is 2.19. The minimum Gasteiger partial charge on any atom is -0.399 e. The zero-order valence-corrected chi connectivity index (χ0v) is 10.2. The Labute approximate surface area is 101 Å². The van der Waals surface area contributed by atoms with E-state index in [0.717, 1.165) is 10.6 Å². The maximum Gasteiger partial charge on any atom is 0.232 e. The Morgan fingerprint density at radius 3 is 2.71 bits per heavy atom. The minimum atomic E-state index is -3.46. The lowest BCUT2D eigenvalue weighted by Gasteiger charge is -2.21. The third-order valence-corrected chi connectivity index (χ3v) is 3.25. The van der Waals surface area contributed by atoms with Crippen LogP contribution in [0.15, 0.2) is 30.9 Å². The van der Waals surface area contributed by atoms with Crippen LogP contribution >= 0.6 is 0 Å². The van der Waals surface area contributed by atoms with E-state index < -0.39 is 10.0 Å². The Balaban J connectivity index is 3.39. The fourth-order valence-corrected chi connectivity index (χ4v) is 2.28. The van der Waals surface area contributed by atoms with Crippen LogP contribution in [-0.2, 0) is 10.0 Å². The van der Waals surface area contributed by atoms with Crippen LogP contribution in [0.4, 0.5) is 11.4 Å². The molecule has 1 rings (SSSR count). The number of benzene rings is 1. The van der Waals surface area contributed by atoms with Gasteiger partial charge in [0.2, 0.25) is 10.0 Å². The number of rotatable bonds is 4. The van der Waals surface area contributed by atoms with Crippen LogP contribution in [0.3, 0.4) is 0 Å². The Kier molecular flexibility index (Phi) is 3.76. The van der Waals surface area contributed by atoms with Crippen molar-refractivity contribution in [3.63, 3.8) is 0 Å². The van der Waals surface area contributed by atoms with Gasteiger partial charge >= 0.3 is 0 Å². The van der Waals surface area contributed by atoms with Gasteiger partial charge in [-0.25, -0.2) is 8.42 Å². The van der Waals surface area contributed by atoms with Gasteiger partial charge in [0.15, 0.2) is 0 Å². The first kappa shape index (κ1) is 13.1. The third-order valence-electron chi connectivity index (χ3n) is 2.11. The second-order valence-electron chi connectivity index (χ2n) is 3.47. The van der Waals surface area contributed by atoms with Crippen LogP contribution in [0.25, 0.3) is 0 Å². The SMILES string of the molecule is C=CCN(c1ccc(N)cc1C#N)S(C)(=O)=O. The van der Waals surface area contributed by atoms with Gasteiger partial charge in [-0.1, -0.05) is 6.08 Å². The normalized spacial score (nSPS) is 10.6. The highest BCUT2D eigenvalue weighted by atomic mass is 32.2. The Morgan fingerprint density at radius 2 is 2.24 bits per heavy atom. The number of nitrogen functional groups attached to an aromatic ring is 1. The maximum absolute atomic E-state index is 11.6. The average molecular weight is 251 g/mol. The first-order valence-corrected chi connectivity index (χ1v) is 6.63. The lowest BCUT2D eigenvalue weighted by molar-refractivity contribution is 0.598. The Bertz CT molecular complexity index is 573. The second kappa shape index (κ2) is 4.89. The zero-order chi connectivity index (χ0) is 13.1. The van der Waals surface area contributed by atoms with Gasteiger partial charge in [0.05, 0.1) is 24.1 Å². The van der Waals surface area contributed by atoms with Gasteiger partial charge in [0.1, 0.15) is 6.07 Å². The molecule has 1 aromatic carbocycles. The topological polar surface area (TPSA) is 87.2 Å². The van der Waals surface area contributed by atoms with Crippen LogP contribution in [0, 0.1) is 11.3 Å². The molecule has 0 unspecified atom stereocenters. The van der Waals surface area contributed by atoms with E-state index >= 15 is 0 Å². The molecular formula is C11H13N3O2S. The number of nitrogens with zero attached hydrogens (tertiary/aromatic N) is 2. The van der Waals surface area contributed by atoms with E-state index in [4.69, 9.17) is 11.0 Å². The van der Waals surface area contributed by atoms with Gasteiger partial charge in [-0.15, -0.1) is 6.58 Å². The molecule has 0 aliphatic rings. The van der Waals surface area contributed by atoms with Crippen LogP contribution < -0.4 is 10.0 Å². The van der Waals surface area contributed by atoms with Crippen molar-refractivity contribution >= 4 is 21.4 Å². The van der Waals surface area contributed by atoms with E-state index in [-0.39, 0.29) is 12.1 Å². The summed E-state index contributed by atoms with van der Waals surface area (Å²) < 4.78 is 24.3. The molecule has 2 N–H and O–H groups in total. The Hall–Kier alpha value is -2.00. The minimum absolute atomic E-state index is 0.109. The second-order valence-corrected chi connectivity index (χ2v) is 5.38. The summed E-state index contributed by atoms with van der Waals surface area (Å²) >= 11 is 0. The van der Waals surface area contributed by atoms with E-state index in [1.807, 2.05) is 6.07 Å². The predicted molar refractivity (Wildman–Crippen MR) is 68.0 cm³/mol. The fraction of sp³-hybridized carbons (Fsp3) is 0.182. The molecule has 0 fully saturated rings. The molecule has 0 spiro atoms. The molecule has 0 aromatic heterocycles. The van der Waals surface area contributed by atoms with Gasteiger partial charge < -0.3 is 5.73 Å². The van der Waals surface area contributed by atoms with Crippen molar-refractivity contribution in [1.29, 1.82) is 5.26 Å². The largest absolute Gasteiger partial charge is 0.399 e. The van der Waals surface area contributed by atoms with Gasteiger partial charge in [0.25, 0.3) is 0 Å². The summed E-state index contributed by atoms with van der Waals surface area (Å²) in [4.78, 5) is 0. The summed E-state index contributed by atoms with van der Waals surface area (Å²) in [5.74, 6) is 0. The quantitative estimate of drug-likeness (QED) is 0.641. The van der Waals surface area contributed by atoms with Gasteiger partial charge in [-0.2, -0.15) is 5.26 Å². The molecule has 6 heteroatoms. The van der Waals surface area contributed by atoms with Crippen molar-refractivity contribution in [3.8, 4) is 6.07 Å². The Morgan fingerprint density at radius 1 is 1.59 bits per heavy atom. The van der Waals surface area contributed by atoms with Crippen LogP contribution in [0.5, 0.6) is 0 Å². The molecule has 0 aliphatic heterocycles. The summed E-state index contributed by atoms with van der Waals surface area (Å²) in [5, 5.41) is 8.97.